The minimum absolute atomic E-state index is 0.0814. The number of carbonyl (C=O) groups excluding carboxylic acids is 1. The Morgan fingerprint density at radius 1 is 1.33 bits per heavy atom. The molecule has 4 nitrogen and oxygen atoms in total. The summed E-state index contributed by atoms with van der Waals surface area (Å²) in [4.78, 5) is 11.9. The summed E-state index contributed by atoms with van der Waals surface area (Å²) in [6.45, 7) is 4.84. The third-order valence-electron chi connectivity index (χ3n) is 3.95. The Hall–Kier alpha value is -0.610. The Morgan fingerprint density at radius 3 is 2.44 bits per heavy atom. The van der Waals surface area contributed by atoms with Crippen molar-refractivity contribution in [2.24, 2.45) is 17.1 Å². The first kappa shape index (κ1) is 15.4. The van der Waals surface area contributed by atoms with Crippen LogP contribution >= 0.6 is 0 Å². The molecule has 4 N–H and O–H groups in total. The first-order valence-electron chi connectivity index (χ1n) is 7.13. The zero-order valence-electron chi connectivity index (χ0n) is 11.7. The van der Waals surface area contributed by atoms with Gasteiger partial charge < -0.3 is 16.2 Å². The summed E-state index contributed by atoms with van der Waals surface area (Å²) in [5, 5.41) is 12.5. The molecule has 1 fully saturated rings. The summed E-state index contributed by atoms with van der Waals surface area (Å²) >= 11 is 0. The highest BCUT2D eigenvalue weighted by atomic mass is 16.3. The molecule has 0 saturated heterocycles. The fraction of sp³-hybridized carbons (Fsp3) is 0.929. The molecule has 1 amide bonds. The van der Waals surface area contributed by atoms with Crippen molar-refractivity contribution < 1.29 is 9.90 Å². The Morgan fingerprint density at radius 2 is 1.94 bits per heavy atom. The molecule has 0 aromatic heterocycles. The first-order chi connectivity index (χ1) is 8.49. The summed E-state index contributed by atoms with van der Waals surface area (Å²) in [5.74, 6) is 0.342. The van der Waals surface area contributed by atoms with E-state index in [1.807, 2.05) is 0 Å². The number of nitrogens with two attached hydrogens (primary N) is 1. The van der Waals surface area contributed by atoms with Crippen LogP contribution in [0.25, 0.3) is 0 Å². The molecule has 0 radical (unpaired) electrons. The standard InChI is InChI=1S/C14H28N2O2/c1-11(2)8-12(15)13(18)16-9-14(10-17)6-4-3-5-7-14/h11-12,17H,3-10,15H2,1-2H3,(H,16,18)/t12-/m1/s1. The molecule has 1 atom stereocenters. The lowest BCUT2D eigenvalue weighted by Crippen LogP contribution is -2.47. The van der Waals surface area contributed by atoms with E-state index in [4.69, 9.17) is 5.73 Å². The van der Waals surface area contributed by atoms with Crippen LogP contribution in [0.15, 0.2) is 0 Å². The average Bonchev–Trinajstić information content (AvgIpc) is 2.36. The second-order valence-electron chi connectivity index (χ2n) is 6.17. The third-order valence-corrected chi connectivity index (χ3v) is 3.95. The van der Waals surface area contributed by atoms with Crippen molar-refractivity contribution in [1.82, 2.24) is 5.32 Å². The van der Waals surface area contributed by atoms with Gasteiger partial charge in [0, 0.05) is 12.0 Å². The highest BCUT2D eigenvalue weighted by molar-refractivity contribution is 5.81. The summed E-state index contributed by atoms with van der Waals surface area (Å²) in [7, 11) is 0. The molecular weight excluding hydrogens is 228 g/mol. The zero-order valence-corrected chi connectivity index (χ0v) is 11.7. The van der Waals surface area contributed by atoms with Crippen LogP contribution < -0.4 is 11.1 Å². The Kier molecular flexibility index (Phi) is 6.09. The fourth-order valence-electron chi connectivity index (χ4n) is 2.71. The second kappa shape index (κ2) is 7.10. The smallest absolute Gasteiger partial charge is 0.236 e. The van der Waals surface area contributed by atoms with Gasteiger partial charge in [-0.25, -0.2) is 0 Å². The molecule has 18 heavy (non-hydrogen) atoms. The van der Waals surface area contributed by atoms with Gasteiger partial charge in [0.1, 0.15) is 0 Å². The molecule has 0 spiro atoms. The zero-order chi connectivity index (χ0) is 13.6. The first-order valence-corrected chi connectivity index (χ1v) is 7.13. The van der Waals surface area contributed by atoms with E-state index in [2.05, 4.69) is 19.2 Å². The maximum atomic E-state index is 11.9. The molecule has 1 aliphatic rings. The number of amides is 1. The van der Waals surface area contributed by atoms with Gasteiger partial charge >= 0.3 is 0 Å². The Bertz CT molecular complexity index is 261. The van der Waals surface area contributed by atoms with Gasteiger partial charge in [-0.05, 0) is 25.2 Å². The van der Waals surface area contributed by atoms with Crippen molar-refractivity contribution in [2.75, 3.05) is 13.2 Å². The van der Waals surface area contributed by atoms with Gasteiger partial charge in [-0.3, -0.25) is 4.79 Å². The van der Waals surface area contributed by atoms with Gasteiger partial charge in [-0.15, -0.1) is 0 Å². The third kappa shape index (κ3) is 4.58. The molecule has 0 unspecified atom stereocenters. The monoisotopic (exact) mass is 256 g/mol. The number of hydrogen-bond donors (Lipinski definition) is 3. The highest BCUT2D eigenvalue weighted by Gasteiger charge is 2.32. The van der Waals surface area contributed by atoms with E-state index in [0.29, 0.717) is 18.9 Å². The quantitative estimate of drug-likeness (QED) is 0.673. The second-order valence-corrected chi connectivity index (χ2v) is 6.17. The van der Waals surface area contributed by atoms with Crippen molar-refractivity contribution in [1.29, 1.82) is 0 Å². The van der Waals surface area contributed by atoms with Gasteiger partial charge in [0.2, 0.25) is 5.91 Å². The number of hydrogen-bond acceptors (Lipinski definition) is 3. The Labute approximate surface area is 110 Å². The van der Waals surface area contributed by atoms with E-state index in [-0.39, 0.29) is 17.9 Å². The van der Waals surface area contributed by atoms with Crippen LogP contribution in [-0.4, -0.2) is 30.2 Å². The molecule has 1 rings (SSSR count). The predicted molar refractivity (Wildman–Crippen MR) is 73.0 cm³/mol. The van der Waals surface area contributed by atoms with Crippen LogP contribution in [0.2, 0.25) is 0 Å². The van der Waals surface area contributed by atoms with E-state index in [1.54, 1.807) is 0 Å². The van der Waals surface area contributed by atoms with E-state index < -0.39 is 6.04 Å². The highest BCUT2D eigenvalue weighted by Crippen LogP contribution is 2.35. The summed E-state index contributed by atoms with van der Waals surface area (Å²) in [5.41, 5.74) is 5.74. The molecule has 0 heterocycles. The SMILES string of the molecule is CC(C)C[C@@H](N)C(=O)NCC1(CO)CCCCC1. The molecule has 1 aliphatic carbocycles. The van der Waals surface area contributed by atoms with E-state index in [9.17, 15) is 9.90 Å². The van der Waals surface area contributed by atoms with Crippen LogP contribution in [0, 0.1) is 11.3 Å². The number of carbonyl (C=O) groups is 1. The van der Waals surface area contributed by atoms with E-state index in [1.165, 1.54) is 6.42 Å². The topological polar surface area (TPSA) is 75.4 Å². The lowest BCUT2D eigenvalue weighted by Gasteiger charge is -2.36. The lowest BCUT2D eigenvalue weighted by atomic mass is 9.74. The van der Waals surface area contributed by atoms with Gasteiger partial charge in [0.25, 0.3) is 0 Å². The molecule has 4 heteroatoms. The molecule has 0 bridgehead atoms. The number of nitrogens with one attached hydrogen (secondary N) is 1. The molecule has 0 aromatic carbocycles. The summed E-state index contributed by atoms with van der Waals surface area (Å²) in [6, 6.07) is -0.427. The molecule has 0 aliphatic heterocycles. The molecular formula is C14H28N2O2. The van der Waals surface area contributed by atoms with Crippen LogP contribution in [-0.2, 0) is 4.79 Å². The normalized spacial score (nSPS) is 20.7. The van der Waals surface area contributed by atoms with Gasteiger partial charge in [0.15, 0.2) is 0 Å². The molecule has 106 valence electrons. The largest absolute Gasteiger partial charge is 0.396 e. The van der Waals surface area contributed by atoms with E-state index >= 15 is 0 Å². The van der Waals surface area contributed by atoms with Crippen LogP contribution in [0.4, 0.5) is 0 Å². The van der Waals surface area contributed by atoms with Crippen molar-refractivity contribution >= 4 is 5.91 Å². The number of aliphatic hydroxyl groups excluding tert-OH is 1. The molecule has 1 saturated carbocycles. The minimum atomic E-state index is -0.427. The van der Waals surface area contributed by atoms with E-state index in [0.717, 1.165) is 25.7 Å². The average molecular weight is 256 g/mol. The minimum Gasteiger partial charge on any atom is -0.396 e. The number of rotatable bonds is 6. The van der Waals surface area contributed by atoms with Gasteiger partial charge in [-0.1, -0.05) is 33.1 Å². The van der Waals surface area contributed by atoms with Gasteiger partial charge in [-0.2, -0.15) is 0 Å². The van der Waals surface area contributed by atoms with Crippen LogP contribution in [0.3, 0.4) is 0 Å². The maximum Gasteiger partial charge on any atom is 0.236 e. The fourth-order valence-corrected chi connectivity index (χ4v) is 2.71. The Balaban J connectivity index is 2.40. The van der Waals surface area contributed by atoms with Crippen LogP contribution in [0.5, 0.6) is 0 Å². The maximum absolute atomic E-state index is 11.9. The lowest BCUT2D eigenvalue weighted by molar-refractivity contribution is -0.123. The van der Waals surface area contributed by atoms with Crippen molar-refractivity contribution in [2.45, 2.75) is 58.4 Å². The van der Waals surface area contributed by atoms with Crippen molar-refractivity contribution in [3.63, 3.8) is 0 Å². The molecule has 0 aromatic rings. The van der Waals surface area contributed by atoms with Crippen molar-refractivity contribution in [3.05, 3.63) is 0 Å². The van der Waals surface area contributed by atoms with Crippen LogP contribution in [0.1, 0.15) is 52.4 Å². The summed E-state index contributed by atoms with van der Waals surface area (Å²) in [6.07, 6.45) is 6.25. The predicted octanol–water partition coefficient (Wildman–Crippen LogP) is 1.42. The van der Waals surface area contributed by atoms with Gasteiger partial charge in [0.05, 0.1) is 12.6 Å². The number of aliphatic hydroxyl groups is 1. The van der Waals surface area contributed by atoms with Crippen molar-refractivity contribution in [3.8, 4) is 0 Å². The summed E-state index contributed by atoms with van der Waals surface area (Å²) < 4.78 is 0.